The minimum Gasteiger partial charge on any atom is -0.317 e. The maximum atomic E-state index is 4.20. The SMILES string of the molecule is c1cc(SC2CCNCC2)ncn1. The fraction of sp³-hybridized carbons (Fsp3) is 0.556. The molecule has 1 N–H and O–H groups in total. The third-order valence-electron chi connectivity index (χ3n) is 2.13. The minimum atomic E-state index is 0.733. The van der Waals surface area contributed by atoms with E-state index in [0.29, 0.717) is 0 Å². The molecule has 2 heterocycles. The van der Waals surface area contributed by atoms with Crippen LogP contribution in [-0.4, -0.2) is 28.3 Å². The zero-order chi connectivity index (χ0) is 8.93. The van der Waals surface area contributed by atoms with Gasteiger partial charge in [0.05, 0.1) is 5.03 Å². The molecular weight excluding hydrogens is 182 g/mol. The Balaban J connectivity index is 1.90. The van der Waals surface area contributed by atoms with Crippen LogP contribution in [0.4, 0.5) is 0 Å². The molecule has 1 aromatic heterocycles. The molecule has 1 aliphatic rings. The van der Waals surface area contributed by atoms with Gasteiger partial charge >= 0.3 is 0 Å². The summed E-state index contributed by atoms with van der Waals surface area (Å²) in [6, 6.07) is 1.98. The summed E-state index contributed by atoms with van der Waals surface area (Å²) < 4.78 is 0. The Morgan fingerprint density at radius 1 is 1.38 bits per heavy atom. The van der Waals surface area contributed by atoms with Crippen molar-refractivity contribution in [2.24, 2.45) is 0 Å². The van der Waals surface area contributed by atoms with Gasteiger partial charge in [-0.2, -0.15) is 0 Å². The molecule has 0 spiro atoms. The summed E-state index contributed by atoms with van der Waals surface area (Å²) in [5.41, 5.74) is 0. The second-order valence-corrected chi connectivity index (χ2v) is 4.44. The molecule has 0 bridgehead atoms. The number of piperidine rings is 1. The minimum absolute atomic E-state index is 0.733. The van der Waals surface area contributed by atoms with Crippen molar-refractivity contribution in [2.45, 2.75) is 23.1 Å². The molecule has 1 saturated heterocycles. The molecule has 70 valence electrons. The van der Waals surface area contributed by atoms with E-state index in [0.717, 1.165) is 23.4 Å². The molecule has 0 unspecified atom stereocenters. The summed E-state index contributed by atoms with van der Waals surface area (Å²) in [5, 5.41) is 5.19. The number of thioether (sulfide) groups is 1. The normalized spacial score (nSPS) is 18.8. The molecule has 0 saturated carbocycles. The van der Waals surface area contributed by atoms with Crippen molar-refractivity contribution in [3.63, 3.8) is 0 Å². The number of hydrogen-bond acceptors (Lipinski definition) is 4. The quantitative estimate of drug-likeness (QED) is 0.722. The molecule has 0 atom stereocenters. The van der Waals surface area contributed by atoms with Gasteiger partial charge in [-0.3, -0.25) is 0 Å². The Morgan fingerprint density at radius 3 is 2.92 bits per heavy atom. The summed E-state index contributed by atoms with van der Waals surface area (Å²) in [7, 11) is 0. The lowest BCUT2D eigenvalue weighted by Crippen LogP contribution is -2.29. The zero-order valence-corrected chi connectivity index (χ0v) is 8.26. The first-order valence-corrected chi connectivity index (χ1v) is 5.46. The fourth-order valence-corrected chi connectivity index (χ4v) is 2.49. The van der Waals surface area contributed by atoms with Gasteiger partial charge in [-0.1, -0.05) is 0 Å². The van der Waals surface area contributed by atoms with Crippen molar-refractivity contribution >= 4 is 11.8 Å². The summed E-state index contributed by atoms with van der Waals surface area (Å²) in [4.78, 5) is 8.11. The van der Waals surface area contributed by atoms with Crippen LogP contribution in [0.5, 0.6) is 0 Å². The van der Waals surface area contributed by atoms with Gasteiger partial charge in [0, 0.05) is 11.4 Å². The smallest absolute Gasteiger partial charge is 0.116 e. The molecule has 2 rings (SSSR count). The Kier molecular flexibility index (Phi) is 3.16. The summed E-state index contributed by atoms with van der Waals surface area (Å²) in [6.07, 6.45) is 5.91. The second kappa shape index (κ2) is 4.58. The van der Waals surface area contributed by atoms with Crippen LogP contribution in [0.1, 0.15) is 12.8 Å². The lowest BCUT2D eigenvalue weighted by Gasteiger charge is -2.21. The van der Waals surface area contributed by atoms with Gasteiger partial charge < -0.3 is 5.32 Å². The largest absolute Gasteiger partial charge is 0.317 e. The average Bonchev–Trinajstić information content (AvgIpc) is 2.21. The number of nitrogens with zero attached hydrogens (tertiary/aromatic N) is 2. The predicted molar refractivity (Wildman–Crippen MR) is 53.8 cm³/mol. The summed E-state index contributed by atoms with van der Waals surface area (Å²) in [6.45, 7) is 2.28. The molecule has 1 fully saturated rings. The Bertz CT molecular complexity index is 246. The first-order valence-electron chi connectivity index (χ1n) is 4.58. The molecule has 0 aliphatic carbocycles. The van der Waals surface area contributed by atoms with Gasteiger partial charge in [0.25, 0.3) is 0 Å². The number of hydrogen-bond donors (Lipinski definition) is 1. The third-order valence-corrected chi connectivity index (χ3v) is 3.42. The zero-order valence-electron chi connectivity index (χ0n) is 7.44. The number of rotatable bonds is 2. The molecular formula is C9H13N3S. The summed E-state index contributed by atoms with van der Waals surface area (Å²) >= 11 is 1.87. The van der Waals surface area contributed by atoms with Crippen LogP contribution in [0.2, 0.25) is 0 Å². The molecule has 0 amide bonds. The monoisotopic (exact) mass is 195 g/mol. The molecule has 0 aromatic carbocycles. The first kappa shape index (κ1) is 8.97. The lowest BCUT2D eigenvalue weighted by molar-refractivity contribution is 0.531. The van der Waals surface area contributed by atoms with Crippen molar-refractivity contribution in [1.82, 2.24) is 15.3 Å². The van der Waals surface area contributed by atoms with E-state index < -0.39 is 0 Å². The Morgan fingerprint density at radius 2 is 2.23 bits per heavy atom. The second-order valence-electron chi connectivity index (χ2n) is 3.11. The first-order chi connectivity index (χ1) is 6.45. The molecule has 3 nitrogen and oxygen atoms in total. The van der Waals surface area contributed by atoms with Crippen LogP contribution in [-0.2, 0) is 0 Å². The van der Waals surface area contributed by atoms with Crippen LogP contribution in [0.25, 0.3) is 0 Å². The van der Waals surface area contributed by atoms with E-state index >= 15 is 0 Å². The number of aromatic nitrogens is 2. The van der Waals surface area contributed by atoms with E-state index in [-0.39, 0.29) is 0 Å². The lowest BCUT2D eigenvalue weighted by atomic mass is 10.2. The van der Waals surface area contributed by atoms with Gasteiger partial charge in [0.1, 0.15) is 6.33 Å². The van der Waals surface area contributed by atoms with Gasteiger partial charge in [0.15, 0.2) is 0 Å². The predicted octanol–water partition coefficient (Wildman–Crippen LogP) is 1.32. The van der Waals surface area contributed by atoms with Crippen molar-refractivity contribution in [3.05, 3.63) is 18.6 Å². The van der Waals surface area contributed by atoms with Crippen molar-refractivity contribution in [1.29, 1.82) is 0 Å². The highest BCUT2D eigenvalue weighted by Crippen LogP contribution is 2.26. The molecule has 1 aromatic rings. The fourth-order valence-electron chi connectivity index (χ4n) is 1.43. The van der Waals surface area contributed by atoms with Crippen LogP contribution in [0.3, 0.4) is 0 Å². The van der Waals surface area contributed by atoms with Gasteiger partial charge in [-0.05, 0) is 32.0 Å². The van der Waals surface area contributed by atoms with Crippen molar-refractivity contribution in [2.75, 3.05) is 13.1 Å². The van der Waals surface area contributed by atoms with Crippen molar-refractivity contribution < 1.29 is 0 Å². The molecule has 4 heteroatoms. The highest BCUT2D eigenvalue weighted by Gasteiger charge is 2.14. The Hall–Kier alpha value is -0.610. The van der Waals surface area contributed by atoms with Gasteiger partial charge in [-0.15, -0.1) is 11.8 Å². The van der Waals surface area contributed by atoms with Gasteiger partial charge in [0.2, 0.25) is 0 Å². The van der Waals surface area contributed by atoms with Crippen molar-refractivity contribution in [3.8, 4) is 0 Å². The topological polar surface area (TPSA) is 37.8 Å². The molecule has 0 radical (unpaired) electrons. The number of nitrogens with one attached hydrogen (secondary N) is 1. The van der Waals surface area contributed by atoms with E-state index in [1.165, 1.54) is 12.8 Å². The molecule has 13 heavy (non-hydrogen) atoms. The van der Waals surface area contributed by atoms with Gasteiger partial charge in [-0.25, -0.2) is 9.97 Å². The van der Waals surface area contributed by atoms with E-state index in [4.69, 9.17) is 0 Å². The highest BCUT2D eigenvalue weighted by molar-refractivity contribution is 7.99. The van der Waals surface area contributed by atoms with E-state index in [9.17, 15) is 0 Å². The maximum Gasteiger partial charge on any atom is 0.116 e. The maximum absolute atomic E-state index is 4.20. The standard InChI is InChI=1S/C9H13N3S/c1-4-10-5-2-8(1)13-9-3-6-11-7-12-9/h3,6-8,10H,1-2,4-5H2. The highest BCUT2D eigenvalue weighted by atomic mass is 32.2. The van der Waals surface area contributed by atoms with E-state index in [2.05, 4.69) is 15.3 Å². The van der Waals surface area contributed by atoms with Crippen LogP contribution >= 0.6 is 11.8 Å². The van der Waals surface area contributed by atoms with Crippen LogP contribution in [0.15, 0.2) is 23.6 Å². The molecule has 1 aliphatic heterocycles. The summed E-state index contributed by atoms with van der Waals surface area (Å²) in [5.74, 6) is 0. The Labute approximate surface area is 82.4 Å². The van der Waals surface area contributed by atoms with E-state index in [1.807, 2.05) is 17.8 Å². The average molecular weight is 195 g/mol. The van der Waals surface area contributed by atoms with E-state index in [1.54, 1.807) is 12.5 Å². The van der Waals surface area contributed by atoms with Crippen LogP contribution < -0.4 is 5.32 Å². The third kappa shape index (κ3) is 2.67. The van der Waals surface area contributed by atoms with Crippen LogP contribution in [0, 0.1) is 0 Å².